The number of phenolic OH excluding ortho intramolecular Hbond substituents is 1. The second kappa shape index (κ2) is 15.1. The number of cyclic esters (lactones) is 1. The molecular weight excluding hydrogens is 642 g/mol. The number of aryl methyl sites for hydroxylation is 1. The number of amides is 1. The van der Waals surface area contributed by atoms with Crippen molar-refractivity contribution in [1.29, 1.82) is 0 Å². The molecule has 2 aromatic heterocycles. The molecule has 0 aliphatic carbocycles. The lowest BCUT2D eigenvalue weighted by Crippen LogP contribution is -2.36. The molecule has 0 bridgehead atoms. The highest BCUT2D eigenvalue weighted by Gasteiger charge is 2.38. The van der Waals surface area contributed by atoms with Crippen LogP contribution in [0, 0.1) is 5.92 Å². The van der Waals surface area contributed by atoms with Crippen molar-refractivity contribution in [2.24, 2.45) is 5.92 Å². The molecule has 262 valence electrons. The largest absolute Gasteiger partial charge is 0.508 e. The van der Waals surface area contributed by atoms with E-state index in [-0.39, 0.29) is 61.8 Å². The van der Waals surface area contributed by atoms with Gasteiger partial charge in [0.05, 0.1) is 41.7 Å². The van der Waals surface area contributed by atoms with Crippen LogP contribution in [0.4, 0.5) is 0 Å². The molecule has 1 aromatic carbocycles. The number of benzene rings is 1. The van der Waals surface area contributed by atoms with Crippen LogP contribution in [0.5, 0.6) is 5.75 Å². The second-order valence-corrected chi connectivity index (χ2v) is 12.2. The van der Waals surface area contributed by atoms with E-state index in [0.29, 0.717) is 23.3 Å². The number of esters is 3. The van der Waals surface area contributed by atoms with Gasteiger partial charge in [-0.1, -0.05) is 20.8 Å². The number of nitrogens with zero attached hydrogens (tertiary/aromatic N) is 2. The van der Waals surface area contributed by atoms with E-state index in [2.05, 4.69) is 5.32 Å². The number of carbonyl (C=O) groups excluding carboxylic acids is 4. The highest BCUT2D eigenvalue weighted by Crippen LogP contribution is 2.39. The molecule has 15 nitrogen and oxygen atoms in total. The van der Waals surface area contributed by atoms with Crippen LogP contribution in [0.2, 0.25) is 0 Å². The van der Waals surface area contributed by atoms with Gasteiger partial charge in [0.2, 0.25) is 12.0 Å². The second-order valence-electron chi connectivity index (χ2n) is 12.2. The number of pyridine rings is 2. The maximum Gasteiger partial charge on any atom is 0.352 e. The summed E-state index contributed by atoms with van der Waals surface area (Å²) in [7, 11) is 0. The smallest absolute Gasteiger partial charge is 0.352 e. The molecule has 49 heavy (non-hydrogen) atoms. The van der Waals surface area contributed by atoms with Crippen molar-refractivity contribution in [3.63, 3.8) is 0 Å². The highest BCUT2D eigenvalue weighted by molar-refractivity contribution is 5.90. The van der Waals surface area contributed by atoms with Gasteiger partial charge in [-0.25, -0.2) is 9.78 Å². The van der Waals surface area contributed by atoms with Crippen LogP contribution in [-0.4, -0.2) is 80.8 Å². The number of aliphatic hydroxyl groups excluding tert-OH is 2. The molecule has 0 fully saturated rings. The number of rotatable bonds is 14. The molecule has 2 aliphatic heterocycles. The molecule has 3 unspecified atom stereocenters. The Morgan fingerprint density at radius 3 is 2.61 bits per heavy atom. The fraction of sp³-hybridized carbons (Fsp3) is 0.471. The molecular formula is C34H39N3O12. The Kier molecular flexibility index (Phi) is 11.0. The van der Waals surface area contributed by atoms with Gasteiger partial charge >= 0.3 is 17.9 Å². The number of phenols is 1. The molecule has 15 heteroatoms. The number of hydrogen-bond acceptors (Lipinski definition) is 13. The van der Waals surface area contributed by atoms with Crippen LogP contribution in [0.3, 0.4) is 0 Å². The number of carbonyl (C=O) groups is 4. The summed E-state index contributed by atoms with van der Waals surface area (Å²) in [5.41, 5.74) is 3.33. The molecule has 0 saturated heterocycles. The summed E-state index contributed by atoms with van der Waals surface area (Å²) in [6.07, 6.45) is -3.13. The van der Waals surface area contributed by atoms with Crippen LogP contribution < -0.4 is 10.9 Å². The molecule has 0 saturated carbocycles. The van der Waals surface area contributed by atoms with Gasteiger partial charge in [-0.15, -0.1) is 0 Å². The van der Waals surface area contributed by atoms with E-state index in [1.165, 1.54) is 10.6 Å². The predicted molar refractivity (Wildman–Crippen MR) is 171 cm³/mol. The first-order valence-corrected chi connectivity index (χ1v) is 16.1. The SMILES string of the molecule is CCc1c2c(nc3ccc(O)cc13)-c1cc3c(c(=O)n1C2)COC(=O)C3OC(=O)CNC(=O)CCCC(=O)OCC(O)OC(CO)C(C)C. The summed E-state index contributed by atoms with van der Waals surface area (Å²) >= 11 is 0. The van der Waals surface area contributed by atoms with Gasteiger partial charge in [-0.05, 0) is 48.6 Å². The Morgan fingerprint density at radius 2 is 1.90 bits per heavy atom. The van der Waals surface area contributed by atoms with Crippen LogP contribution in [0.15, 0.2) is 29.1 Å². The maximum absolute atomic E-state index is 13.6. The first kappa shape index (κ1) is 35.4. The summed E-state index contributed by atoms with van der Waals surface area (Å²) in [5.74, 6) is -3.01. The summed E-state index contributed by atoms with van der Waals surface area (Å²) < 4.78 is 22.3. The van der Waals surface area contributed by atoms with E-state index in [1.807, 2.05) is 6.92 Å². The average molecular weight is 682 g/mol. The zero-order chi connectivity index (χ0) is 35.4. The van der Waals surface area contributed by atoms with Crippen molar-refractivity contribution in [2.45, 2.75) is 78.1 Å². The first-order chi connectivity index (χ1) is 23.4. The van der Waals surface area contributed by atoms with Gasteiger partial charge in [0.25, 0.3) is 5.56 Å². The first-order valence-electron chi connectivity index (χ1n) is 16.1. The fourth-order valence-electron chi connectivity index (χ4n) is 5.91. The Hall–Kier alpha value is -4.86. The van der Waals surface area contributed by atoms with Crippen LogP contribution in [-0.2, 0) is 57.7 Å². The molecule has 2 aliphatic rings. The van der Waals surface area contributed by atoms with Gasteiger partial charge < -0.3 is 44.2 Å². The Balaban J connectivity index is 1.18. The summed E-state index contributed by atoms with van der Waals surface area (Å²) in [4.78, 5) is 68.2. The number of aromatic hydroxyl groups is 1. The summed E-state index contributed by atoms with van der Waals surface area (Å²) in [5, 5.41) is 32.3. The lowest BCUT2D eigenvalue weighted by atomic mass is 9.97. The van der Waals surface area contributed by atoms with Crippen molar-refractivity contribution in [1.82, 2.24) is 14.9 Å². The minimum atomic E-state index is -1.54. The molecule has 1 amide bonds. The number of hydrogen-bond donors (Lipinski definition) is 4. The van der Waals surface area contributed by atoms with Crippen molar-refractivity contribution in [3.05, 3.63) is 56.9 Å². The molecule has 4 heterocycles. The zero-order valence-electron chi connectivity index (χ0n) is 27.4. The van der Waals surface area contributed by atoms with Gasteiger partial charge in [0.1, 0.15) is 25.5 Å². The lowest BCUT2D eigenvalue weighted by Gasteiger charge is -2.25. The van der Waals surface area contributed by atoms with E-state index >= 15 is 0 Å². The monoisotopic (exact) mass is 681 g/mol. The summed E-state index contributed by atoms with van der Waals surface area (Å²) in [6, 6.07) is 6.47. The minimum absolute atomic E-state index is 0.0618. The number of ether oxygens (including phenoxy) is 4. The lowest BCUT2D eigenvalue weighted by molar-refractivity contribution is -0.190. The standard InChI is InChI=1S/C34H39N3O12/c1-4-19-20-10-18(39)8-9-24(20)36-31-22(19)13-37-25(31)11-21-23(33(37)44)15-47-34(45)32(21)49-29(42)12-35-27(40)6-5-7-28(41)46-16-30(43)48-26(14-38)17(2)3/h8-11,17,26,30,32,38-39,43H,4-7,12-16H2,1-3H3,(H,35,40). The molecule has 3 aromatic rings. The van der Waals surface area contributed by atoms with Crippen molar-refractivity contribution in [3.8, 4) is 17.1 Å². The third-order valence-electron chi connectivity index (χ3n) is 8.50. The Labute approximate surface area is 280 Å². The van der Waals surface area contributed by atoms with Crippen LogP contribution >= 0.6 is 0 Å². The van der Waals surface area contributed by atoms with Crippen LogP contribution in [0.1, 0.15) is 68.4 Å². The molecule has 3 atom stereocenters. The molecule has 0 spiro atoms. The topological polar surface area (TPSA) is 213 Å². The molecule has 0 radical (unpaired) electrons. The fourth-order valence-corrected chi connectivity index (χ4v) is 5.91. The maximum atomic E-state index is 13.6. The number of nitrogens with one attached hydrogen (secondary N) is 1. The quantitative estimate of drug-likeness (QED) is 0.0845. The predicted octanol–water partition coefficient (Wildman–Crippen LogP) is 1.52. The van der Waals surface area contributed by atoms with Crippen LogP contribution in [0.25, 0.3) is 22.3 Å². The van der Waals surface area contributed by atoms with E-state index in [0.717, 1.165) is 16.5 Å². The average Bonchev–Trinajstić information content (AvgIpc) is 3.43. The number of fused-ring (bicyclic) bond motifs is 5. The third kappa shape index (κ3) is 7.74. The zero-order valence-corrected chi connectivity index (χ0v) is 27.4. The highest BCUT2D eigenvalue weighted by atomic mass is 16.6. The van der Waals surface area contributed by atoms with Crippen molar-refractivity contribution >= 4 is 34.7 Å². The third-order valence-corrected chi connectivity index (χ3v) is 8.50. The minimum Gasteiger partial charge on any atom is -0.508 e. The van der Waals surface area contributed by atoms with Crippen molar-refractivity contribution in [2.75, 3.05) is 19.8 Å². The van der Waals surface area contributed by atoms with Crippen molar-refractivity contribution < 1.29 is 53.4 Å². The summed E-state index contributed by atoms with van der Waals surface area (Å²) in [6.45, 7) is 4.19. The van der Waals surface area contributed by atoms with E-state index in [1.54, 1.807) is 32.0 Å². The van der Waals surface area contributed by atoms with E-state index in [4.69, 9.17) is 23.9 Å². The Morgan fingerprint density at radius 1 is 1.12 bits per heavy atom. The number of aliphatic hydroxyl groups is 2. The molecule has 5 rings (SSSR count). The van der Waals surface area contributed by atoms with E-state index < -0.39 is 61.0 Å². The number of aromatic nitrogens is 2. The van der Waals surface area contributed by atoms with Gasteiger partial charge in [0.15, 0.2) is 6.29 Å². The van der Waals surface area contributed by atoms with Gasteiger partial charge in [-0.3, -0.25) is 19.2 Å². The Bertz CT molecular complexity index is 1840. The van der Waals surface area contributed by atoms with Gasteiger partial charge in [0, 0.05) is 29.4 Å². The van der Waals surface area contributed by atoms with E-state index in [9.17, 15) is 39.3 Å². The normalized spacial score (nSPS) is 16.0. The molecule has 4 N–H and O–H groups in total. The van der Waals surface area contributed by atoms with Gasteiger partial charge in [-0.2, -0.15) is 0 Å².